The number of amides is 2. The van der Waals surface area contributed by atoms with E-state index in [0.717, 1.165) is 25.2 Å². The zero-order valence-corrected chi connectivity index (χ0v) is 24.1. The van der Waals surface area contributed by atoms with Crippen LogP contribution in [0.4, 0.5) is 0 Å². The van der Waals surface area contributed by atoms with Gasteiger partial charge in [0, 0.05) is 32.7 Å². The molecule has 2 aliphatic rings. The normalized spacial score (nSPS) is 14.4. The third-order valence-corrected chi connectivity index (χ3v) is 7.35. The summed E-state index contributed by atoms with van der Waals surface area (Å²) in [5.41, 5.74) is 1.16. The summed E-state index contributed by atoms with van der Waals surface area (Å²) >= 11 is 0. The molecule has 2 amide bonds. The van der Waals surface area contributed by atoms with Crippen LogP contribution in [0.1, 0.15) is 28.1 Å². The first-order valence-corrected chi connectivity index (χ1v) is 14.0. The highest BCUT2D eigenvalue weighted by Crippen LogP contribution is 2.33. The van der Waals surface area contributed by atoms with Gasteiger partial charge in [-0.3, -0.25) is 14.5 Å². The van der Waals surface area contributed by atoms with E-state index in [2.05, 4.69) is 4.90 Å². The molecular formula is C31H37N3O8. The molecule has 0 radical (unpaired) electrons. The van der Waals surface area contributed by atoms with Crippen molar-refractivity contribution >= 4 is 11.8 Å². The average Bonchev–Trinajstić information content (AvgIpc) is 3.72. The number of fused-ring (bicyclic) bond motifs is 1. The highest BCUT2D eigenvalue weighted by Gasteiger charge is 2.28. The lowest BCUT2D eigenvalue weighted by molar-refractivity contribution is -0.133. The summed E-state index contributed by atoms with van der Waals surface area (Å²) in [5.74, 6) is 2.17. The number of carbonyl (C=O) groups is 2. The van der Waals surface area contributed by atoms with Gasteiger partial charge in [0.15, 0.2) is 11.5 Å². The lowest BCUT2D eigenvalue weighted by Crippen LogP contribution is -2.44. The van der Waals surface area contributed by atoms with Gasteiger partial charge in [0.2, 0.25) is 12.7 Å². The van der Waals surface area contributed by atoms with Gasteiger partial charge in [0.05, 0.1) is 40.2 Å². The van der Waals surface area contributed by atoms with Gasteiger partial charge in [-0.15, -0.1) is 0 Å². The molecule has 11 nitrogen and oxygen atoms in total. The van der Waals surface area contributed by atoms with E-state index in [9.17, 15) is 9.59 Å². The lowest BCUT2D eigenvalue weighted by atomic mass is 10.1. The number of carbonyl (C=O) groups excluding carboxylic acids is 2. The van der Waals surface area contributed by atoms with Crippen LogP contribution in [0.5, 0.6) is 23.0 Å². The van der Waals surface area contributed by atoms with E-state index >= 15 is 0 Å². The van der Waals surface area contributed by atoms with Crippen LogP contribution >= 0.6 is 0 Å². The number of furan rings is 1. The third kappa shape index (κ3) is 7.15. The van der Waals surface area contributed by atoms with Crippen molar-refractivity contribution in [2.24, 2.45) is 0 Å². The molecule has 0 atom stereocenters. The summed E-state index contributed by atoms with van der Waals surface area (Å²) in [6.45, 7) is 4.83. The van der Waals surface area contributed by atoms with Gasteiger partial charge in [0.1, 0.15) is 29.4 Å². The van der Waals surface area contributed by atoms with Gasteiger partial charge in [-0.1, -0.05) is 12.1 Å². The maximum absolute atomic E-state index is 14.1. The Labute approximate surface area is 245 Å². The van der Waals surface area contributed by atoms with Crippen LogP contribution in [0.2, 0.25) is 0 Å². The Morgan fingerprint density at radius 1 is 0.905 bits per heavy atom. The molecule has 2 aromatic carbocycles. The first-order chi connectivity index (χ1) is 20.6. The molecule has 42 heavy (non-hydrogen) atoms. The molecule has 0 bridgehead atoms. The van der Waals surface area contributed by atoms with Gasteiger partial charge in [-0.05, 0) is 48.4 Å². The maximum Gasteiger partial charge on any atom is 0.261 e. The fourth-order valence-corrected chi connectivity index (χ4v) is 5.13. The van der Waals surface area contributed by atoms with Gasteiger partial charge in [-0.2, -0.15) is 0 Å². The van der Waals surface area contributed by atoms with Gasteiger partial charge < -0.3 is 37.9 Å². The number of ether oxygens (including phenoxy) is 5. The Bertz CT molecular complexity index is 1320. The highest BCUT2D eigenvalue weighted by atomic mass is 16.7. The fraction of sp³-hybridized carbons (Fsp3) is 0.419. The monoisotopic (exact) mass is 579 g/mol. The van der Waals surface area contributed by atoms with Gasteiger partial charge in [0.25, 0.3) is 5.91 Å². The average molecular weight is 580 g/mol. The van der Waals surface area contributed by atoms with Crippen LogP contribution < -0.4 is 18.9 Å². The van der Waals surface area contributed by atoms with E-state index in [4.69, 9.17) is 28.1 Å². The van der Waals surface area contributed by atoms with E-state index < -0.39 is 0 Å². The van der Waals surface area contributed by atoms with Crippen LogP contribution in [-0.4, -0.2) is 93.5 Å². The van der Waals surface area contributed by atoms with Gasteiger partial charge >= 0.3 is 0 Å². The largest absolute Gasteiger partial charge is 0.496 e. The van der Waals surface area contributed by atoms with Crippen molar-refractivity contribution in [1.29, 1.82) is 0 Å². The molecular weight excluding hydrogens is 542 g/mol. The van der Waals surface area contributed by atoms with E-state index in [1.807, 2.05) is 24.3 Å². The predicted octanol–water partition coefficient (Wildman–Crippen LogP) is 3.42. The summed E-state index contributed by atoms with van der Waals surface area (Å²) in [6, 6.07) is 14.4. The fourth-order valence-electron chi connectivity index (χ4n) is 5.13. The van der Waals surface area contributed by atoms with Crippen molar-refractivity contribution in [3.05, 3.63) is 71.7 Å². The molecule has 224 valence electrons. The minimum atomic E-state index is -0.333. The molecule has 1 fully saturated rings. The van der Waals surface area contributed by atoms with Crippen molar-refractivity contribution in [1.82, 2.24) is 14.7 Å². The second-order valence-electron chi connectivity index (χ2n) is 10.1. The number of morpholine rings is 1. The number of methoxy groups -OCH3 is 2. The molecule has 1 saturated heterocycles. The van der Waals surface area contributed by atoms with Crippen molar-refractivity contribution in [2.45, 2.75) is 19.5 Å². The lowest BCUT2D eigenvalue weighted by Gasteiger charge is -2.30. The third-order valence-electron chi connectivity index (χ3n) is 7.35. The zero-order valence-electron chi connectivity index (χ0n) is 24.1. The zero-order chi connectivity index (χ0) is 29.3. The number of nitrogens with zero attached hydrogens (tertiary/aromatic N) is 3. The van der Waals surface area contributed by atoms with Crippen LogP contribution in [0.25, 0.3) is 0 Å². The highest BCUT2D eigenvalue weighted by molar-refractivity contribution is 6.01. The molecule has 0 unspecified atom stereocenters. The van der Waals surface area contributed by atoms with E-state index in [0.29, 0.717) is 61.5 Å². The minimum absolute atomic E-state index is 0.131. The molecule has 0 saturated carbocycles. The molecule has 0 N–H and O–H groups in total. The van der Waals surface area contributed by atoms with Crippen LogP contribution in [0, 0.1) is 0 Å². The van der Waals surface area contributed by atoms with Crippen molar-refractivity contribution in [2.75, 3.05) is 67.0 Å². The smallest absolute Gasteiger partial charge is 0.261 e. The number of benzene rings is 2. The van der Waals surface area contributed by atoms with Crippen molar-refractivity contribution in [3.63, 3.8) is 0 Å². The summed E-state index contributed by atoms with van der Waals surface area (Å²) in [4.78, 5) is 33.6. The van der Waals surface area contributed by atoms with Gasteiger partial charge in [-0.25, -0.2) is 0 Å². The summed E-state index contributed by atoms with van der Waals surface area (Å²) in [7, 11) is 3.02. The first-order valence-electron chi connectivity index (χ1n) is 14.0. The second kappa shape index (κ2) is 14.1. The molecule has 0 aliphatic carbocycles. The molecule has 0 spiro atoms. The number of hydrogen-bond acceptors (Lipinski definition) is 9. The van der Waals surface area contributed by atoms with E-state index in [1.54, 1.807) is 40.3 Å². The molecule has 11 heteroatoms. The summed E-state index contributed by atoms with van der Waals surface area (Å²) < 4.78 is 33.0. The standard InChI is InChI=1S/C31H37N3O8/c1-37-26-7-3-8-27(38-2)30(26)31(36)33(12-5-11-32-13-16-39-17-14-32)21-29(35)34(20-24-6-4-15-40-24)19-23-9-10-25-28(18-23)42-22-41-25/h3-4,6-10,15,18H,5,11-14,16-17,19-22H2,1-2H3. The van der Waals surface area contributed by atoms with Crippen LogP contribution in [0.3, 0.4) is 0 Å². The number of rotatable bonds is 13. The molecule has 3 aromatic rings. The minimum Gasteiger partial charge on any atom is -0.496 e. The Morgan fingerprint density at radius 2 is 1.67 bits per heavy atom. The maximum atomic E-state index is 14.1. The Morgan fingerprint density at radius 3 is 2.38 bits per heavy atom. The predicted molar refractivity (Wildman–Crippen MR) is 153 cm³/mol. The van der Waals surface area contributed by atoms with Crippen molar-refractivity contribution < 1.29 is 37.7 Å². The molecule has 5 rings (SSSR count). The molecule has 2 aliphatic heterocycles. The van der Waals surface area contributed by atoms with E-state index in [-0.39, 0.29) is 37.3 Å². The Hall–Kier alpha value is -4.22. The topological polar surface area (TPSA) is 103 Å². The Kier molecular flexibility index (Phi) is 9.83. The molecule has 1 aromatic heterocycles. The summed E-state index contributed by atoms with van der Waals surface area (Å²) in [6.07, 6.45) is 2.27. The summed E-state index contributed by atoms with van der Waals surface area (Å²) in [5, 5.41) is 0. The first kappa shape index (κ1) is 29.3. The number of hydrogen-bond donors (Lipinski definition) is 0. The van der Waals surface area contributed by atoms with Crippen LogP contribution in [0.15, 0.2) is 59.2 Å². The SMILES string of the molecule is COc1cccc(OC)c1C(=O)N(CCCN1CCOCC1)CC(=O)N(Cc1ccc2c(c1)OCO2)Cc1ccco1. The Balaban J connectivity index is 1.37. The quantitative estimate of drug-likeness (QED) is 0.301. The van der Waals surface area contributed by atoms with E-state index in [1.165, 1.54) is 14.2 Å². The molecule has 3 heterocycles. The van der Waals surface area contributed by atoms with Crippen LogP contribution in [-0.2, 0) is 22.6 Å². The van der Waals surface area contributed by atoms with Crippen molar-refractivity contribution in [3.8, 4) is 23.0 Å². The second-order valence-corrected chi connectivity index (χ2v) is 10.1.